The minimum absolute atomic E-state index is 0.176. The van der Waals surface area contributed by atoms with Crippen molar-refractivity contribution in [1.82, 2.24) is 15.0 Å². The summed E-state index contributed by atoms with van der Waals surface area (Å²) in [6.07, 6.45) is 1.67. The number of pyridine rings is 1. The van der Waals surface area contributed by atoms with Crippen molar-refractivity contribution in [1.29, 1.82) is 0 Å². The third-order valence-electron chi connectivity index (χ3n) is 3.01. The first-order valence-electron chi connectivity index (χ1n) is 6.65. The first-order valence-corrected chi connectivity index (χ1v) is 7.53. The van der Waals surface area contributed by atoms with Gasteiger partial charge in [-0.1, -0.05) is 11.8 Å². The van der Waals surface area contributed by atoms with Gasteiger partial charge in [-0.25, -0.2) is 14.4 Å². The molecular formula is C15H13FN4OS. The Hall–Kier alpha value is -2.41. The topological polar surface area (TPSA) is 70.7 Å². The molecule has 2 N–H and O–H groups in total. The van der Waals surface area contributed by atoms with Crippen LogP contribution in [0, 0.1) is 5.82 Å². The molecule has 1 amide bonds. The number of aromatic amines is 1. The number of H-pyrrole nitrogens is 1. The quantitative estimate of drug-likeness (QED) is 0.725. The van der Waals surface area contributed by atoms with Crippen LogP contribution in [0.4, 0.5) is 10.1 Å². The van der Waals surface area contributed by atoms with Crippen LogP contribution < -0.4 is 5.32 Å². The second-order valence-corrected chi connectivity index (χ2v) is 6.00. The van der Waals surface area contributed by atoms with E-state index >= 15 is 0 Å². The molecule has 1 aromatic carbocycles. The maximum Gasteiger partial charge on any atom is 0.237 e. The number of nitrogens with zero attached hydrogens (tertiary/aromatic N) is 2. The number of imidazole rings is 1. The van der Waals surface area contributed by atoms with Gasteiger partial charge in [0.2, 0.25) is 5.91 Å². The Kier molecular flexibility index (Phi) is 4.06. The van der Waals surface area contributed by atoms with Gasteiger partial charge in [-0.15, -0.1) is 0 Å². The molecule has 5 nitrogen and oxygen atoms in total. The van der Waals surface area contributed by atoms with Crippen molar-refractivity contribution in [3.63, 3.8) is 0 Å². The van der Waals surface area contributed by atoms with E-state index in [-0.39, 0.29) is 17.0 Å². The zero-order chi connectivity index (χ0) is 15.5. The van der Waals surface area contributed by atoms with Gasteiger partial charge in [0.15, 0.2) is 10.8 Å². The number of anilines is 1. The Bertz CT molecular complexity index is 770. The molecule has 0 spiro atoms. The maximum atomic E-state index is 12.8. The molecule has 2 heterocycles. The van der Waals surface area contributed by atoms with Gasteiger partial charge in [0, 0.05) is 11.9 Å². The zero-order valence-corrected chi connectivity index (χ0v) is 12.5. The Balaban J connectivity index is 1.66. The molecule has 0 fully saturated rings. The van der Waals surface area contributed by atoms with Gasteiger partial charge >= 0.3 is 0 Å². The lowest BCUT2D eigenvalue weighted by Crippen LogP contribution is -2.22. The van der Waals surface area contributed by atoms with Crippen molar-refractivity contribution in [3.8, 4) is 0 Å². The van der Waals surface area contributed by atoms with Crippen molar-refractivity contribution in [2.75, 3.05) is 5.32 Å². The summed E-state index contributed by atoms with van der Waals surface area (Å²) >= 11 is 1.31. The van der Waals surface area contributed by atoms with Gasteiger partial charge in [-0.3, -0.25) is 4.79 Å². The summed E-state index contributed by atoms with van der Waals surface area (Å²) < 4.78 is 12.8. The fraction of sp³-hybridized carbons (Fsp3) is 0.133. The number of fused-ring (bicyclic) bond motifs is 1. The van der Waals surface area contributed by atoms with Crippen LogP contribution in [0.2, 0.25) is 0 Å². The molecule has 2 aromatic heterocycles. The van der Waals surface area contributed by atoms with Crippen molar-refractivity contribution < 1.29 is 9.18 Å². The minimum atomic E-state index is -0.356. The van der Waals surface area contributed by atoms with E-state index < -0.39 is 0 Å². The lowest BCUT2D eigenvalue weighted by Gasteiger charge is -2.10. The minimum Gasteiger partial charge on any atom is -0.332 e. The Morgan fingerprint density at radius 2 is 2.09 bits per heavy atom. The fourth-order valence-electron chi connectivity index (χ4n) is 1.88. The molecule has 112 valence electrons. The highest BCUT2D eigenvalue weighted by atomic mass is 32.2. The average Bonchev–Trinajstić information content (AvgIpc) is 2.91. The Morgan fingerprint density at radius 1 is 1.32 bits per heavy atom. The predicted molar refractivity (Wildman–Crippen MR) is 84.2 cm³/mol. The Morgan fingerprint density at radius 3 is 2.82 bits per heavy atom. The van der Waals surface area contributed by atoms with Crippen LogP contribution in [0.5, 0.6) is 0 Å². The molecular weight excluding hydrogens is 303 g/mol. The molecule has 0 aliphatic heterocycles. The van der Waals surface area contributed by atoms with Gasteiger partial charge in [0.05, 0.1) is 10.8 Å². The summed E-state index contributed by atoms with van der Waals surface area (Å²) in [5.74, 6) is -0.514. The normalized spacial score (nSPS) is 12.3. The number of carbonyl (C=O) groups is 1. The van der Waals surface area contributed by atoms with Crippen LogP contribution in [0.25, 0.3) is 11.2 Å². The monoisotopic (exact) mass is 316 g/mol. The highest BCUT2D eigenvalue weighted by Gasteiger charge is 2.17. The maximum absolute atomic E-state index is 12.8. The smallest absolute Gasteiger partial charge is 0.237 e. The first kappa shape index (κ1) is 14.5. The lowest BCUT2D eigenvalue weighted by molar-refractivity contribution is -0.115. The van der Waals surface area contributed by atoms with E-state index in [1.165, 1.54) is 36.0 Å². The van der Waals surface area contributed by atoms with Crippen LogP contribution in [0.3, 0.4) is 0 Å². The summed E-state index contributed by atoms with van der Waals surface area (Å²) in [5, 5.41) is 3.02. The van der Waals surface area contributed by atoms with Gasteiger partial charge in [0.25, 0.3) is 0 Å². The van der Waals surface area contributed by atoms with Crippen LogP contribution in [0.1, 0.15) is 6.92 Å². The van der Waals surface area contributed by atoms with Gasteiger partial charge in [-0.2, -0.15) is 0 Å². The predicted octanol–water partition coefficient (Wildman–Crippen LogP) is 3.22. The van der Waals surface area contributed by atoms with Crippen LogP contribution >= 0.6 is 11.8 Å². The second-order valence-electron chi connectivity index (χ2n) is 4.67. The molecule has 3 rings (SSSR count). The molecule has 0 saturated carbocycles. The number of rotatable bonds is 4. The molecule has 1 unspecified atom stereocenters. The van der Waals surface area contributed by atoms with Crippen molar-refractivity contribution in [3.05, 3.63) is 48.4 Å². The van der Waals surface area contributed by atoms with Crippen molar-refractivity contribution in [2.45, 2.75) is 17.3 Å². The third kappa shape index (κ3) is 3.25. The van der Waals surface area contributed by atoms with E-state index in [1.54, 1.807) is 13.1 Å². The number of carbonyl (C=O) groups excluding carboxylic acids is 1. The number of thioether (sulfide) groups is 1. The van der Waals surface area contributed by atoms with E-state index in [9.17, 15) is 9.18 Å². The fourth-order valence-corrected chi connectivity index (χ4v) is 2.69. The molecule has 0 bridgehead atoms. The molecule has 0 aliphatic carbocycles. The molecule has 0 saturated heterocycles. The largest absolute Gasteiger partial charge is 0.332 e. The second kappa shape index (κ2) is 6.15. The average molecular weight is 316 g/mol. The number of amides is 1. The molecule has 7 heteroatoms. The van der Waals surface area contributed by atoms with E-state index in [4.69, 9.17) is 0 Å². The Labute approximate surface area is 130 Å². The summed E-state index contributed by atoms with van der Waals surface area (Å²) in [6, 6.07) is 9.35. The SMILES string of the molecule is CC(Sc1nc2ncccc2[nH]1)C(=O)Nc1ccc(F)cc1. The van der Waals surface area contributed by atoms with Gasteiger partial charge < -0.3 is 10.3 Å². The summed E-state index contributed by atoms with van der Waals surface area (Å²) in [6.45, 7) is 1.78. The highest BCUT2D eigenvalue weighted by Crippen LogP contribution is 2.23. The van der Waals surface area contributed by atoms with Gasteiger partial charge in [-0.05, 0) is 43.3 Å². The summed E-state index contributed by atoms with van der Waals surface area (Å²) in [7, 11) is 0. The number of aromatic nitrogens is 3. The number of halogens is 1. The standard InChI is InChI=1S/C15H13FN4OS/c1-9(14(21)18-11-6-4-10(16)5-7-11)22-15-19-12-3-2-8-17-13(12)20-15/h2-9H,1H3,(H,18,21)(H,17,19,20). The third-order valence-corrected chi connectivity index (χ3v) is 3.99. The summed E-state index contributed by atoms with van der Waals surface area (Å²) in [5.41, 5.74) is 2.01. The van der Waals surface area contributed by atoms with Crippen LogP contribution in [-0.4, -0.2) is 26.1 Å². The molecule has 0 aliphatic rings. The number of hydrogen-bond donors (Lipinski definition) is 2. The number of nitrogens with one attached hydrogen (secondary N) is 2. The summed E-state index contributed by atoms with van der Waals surface area (Å²) in [4.78, 5) is 23.7. The van der Waals surface area contributed by atoms with Crippen LogP contribution in [0.15, 0.2) is 47.8 Å². The first-order chi connectivity index (χ1) is 10.6. The van der Waals surface area contributed by atoms with E-state index in [0.717, 1.165) is 5.52 Å². The number of benzene rings is 1. The number of hydrogen-bond acceptors (Lipinski definition) is 4. The van der Waals surface area contributed by atoms with Gasteiger partial charge in [0.1, 0.15) is 5.82 Å². The highest BCUT2D eigenvalue weighted by molar-refractivity contribution is 8.00. The van der Waals surface area contributed by atoms with Crippen molar-refractivity contribution >= 4 is 34.5 Å². The van der Waals surface area contributed by atoms with Crippen LogP contribution in [-0.2, 0) is 4.79 Å². The zero-order valence-electron chi connectivity index (χ0n) is 11.7. The van der Waals surface area contributed by atoms with Crippen molar-refractivity contribution in [2.24, 2.45) is 0 Å². The molecule has 3 aromatic rings. The lowest BCUT2D eigenvalue weighted by atomic mass is 10.3. The molecule has 0 radical (unpaired) electrons. The van der Waals surface area contributed by atoms with E-state index in [2.05, 4.69) is 20.3 Å². The molecule has 22 heavy (non-hydrogen) atoms. The van der Waals surface area contributed by atoms with E-state index in [1.807, 2.05) is 12.1 Å². The molecule has 1 atom stereocenters. The van der Waals surface area contributed by atoms with E-state index in [0.29, 0.717) is 16.5 Å².